The van der Waals surface area contributed by atoms with Gasteiger partial charge in [0.2, 0.25) is 0 Å². The van der Waals surface area contributed by atoms with Gasteiger partial charge in [-0.2, -0.15) is 0 Å². The molecule has 4 heteroatoms. The molecule has 90 valence electrons. The van der Waals surface area contributed by atoms with Crippen LogP contribution in [-0.2, 0) is 6.42 Å². The average Bonchev–Trinajstić information content (AvgIpc) is 2.82. The van der Waals surface area contributed by atoms with Gasteiger partial charge in [0, 0.05) is 0 Å². The van der Waals surface area contributed by atoms with Crippen LogP contribution < -0.4 is 11.3 Å². The zero-order valence-corrected chi connectivity index (χ0v) is 9.61. The van der Waals surface area contributed by atoms with Crippen molar-refractivity contribution in [2.24, 2.45) is 5.84 Å². The predicted octanol–water partition coefficient (Wildman–Crippen LogP) is 2.47. The number of nitrogens with two attached hydrogens (primary N) is 1. The maximum absolute atomic E-state index is 13.5. The van der Waals surface area contributed by atoms with E-state index in [1.807, 2.05) is 12.1 Å². The third kappa shape index (κ3) is 2.72. The van der Waals surface area contributed by atoms with E-state index in [0.717, 1.165) is 11.1 Å². The van der Waals surface area contributed by atoms with Crippen LogP contribution in [0.2, 0.25) is 0 Å². The van der Waals surface area contributed by atoms with E-state index in [0.29, 0.717) is 12.0 Å². The van der Waals surface area contributed by atoms with E-state index in [1.165, 1.54) is 6.07 Å². The van der Waals surface area contributed by atoms with Crippen molar-refractivity contribution in [2.75, 3.05) is 0 Å². The van der Waals surface area contributed by atoms with Gasteiger partial charge in [-0.25, -0.2) is 4.39 Å². The van der Waals surface area contributed by atoms with E-state index in [1.54, 1.807) is 25.5 Å². The molecule has 0 amide bonds. The summed E-state index contributed by atoms with van der Waals surface area (Å²) in [5, 5.41) is 0. The summed E-state index contributed by atoms with van der Waals surface area (Å²) in [6.45, 7) is 1.74. The highest BCUT2D eigenvalue weighted by Gasteiger charge is 2.12. The molecule has 0 radical (unpaired) electrons. The first-order valence-electron chi connectivity index (χ1n) is 5.44. The second kappa shape index (κ2) is 5.12. The minimum Gasteiger partial charge on any atom is -0.472 e. The first kappa shape index (κ1) is 11.8. The Labute approximate surface area is 99.4 Å². The molecule has 0 aliphatic carbocycles. The summed E-state index contributed by atoms with van der Waals surface area (Å²) >= 11 is 0. The van der Waals surface area contributed by atoms with E-state index in [2.05, 4.69) is 5.43 Å². The lowest BCUT2D eigenvalue weighted by atomic mass is 10.00. The second-order valence-corrected chi connectivity index (χ2v) is 4.06. The number of rotatable bonds is 4. The van der Waals surface area contributed by atoms with Gasteiger partial charge in [0.05, 0.1) is 18.6 Å². The van der Waals surface area contributed by atoms with Crippen molar-refractivity contribution < 1.29 is 8.81 Å². The van der Waals surface area contributed by atoms with Crippen molar-refractivity contribution in [1.82, 2.24) is 5.43 Å². The monoisotopic (exact) mass is 234 g/mol. The Balaban J connectivity index is 2.20. The molecule has 1 aromatic carbocycles. The Bertz CT molecular complexity index is 482. The van der Waals surface area contributed by atoms with Crippen LogP contribution >= 0.6 is 0 Å². The fraction of sp³-hybridized carbons (Fsp3) is 0.231. The Morgan fingerprint density at radius 1 is 1.41 bits per heavy atom. The molecule has 1 aromatic heterocycles. The summed E-state index contributed by atoms with van der Waals surface area (Å²) in [6.07, 6.45) is 3.93. The molecule has 2 aromatic rings. The van der Waals surface area contributed by atoms with Gasteiger partial charge in [-0.1, -0.05) is 12.1 Å². The number of furan rings is 1. The summed E-state index contributed by atoms with van der Waals surface area (Å²) in [5.74, 6) is 5.29. The van der Waals surface area contributed by atoms with E-state index in [-0.39, 0.29) is 11.9 Å². The molecule has 0 aliphatic heterocycles. The Hall–Kier alpha value is -1.65. The van der Waals surface area contributed by atoms with Crippen molar-refractivity contribution >= 4 is 0 Å². The highest BCUT2D eigenvalue weighted by molar-refractivity contribution is 5.27. The maximum atomic E-state index is 13.5. The highest BCUT2D eigenvalue weighted by atomic mass is 19.1. The van der Waals surface area contributed by atoms with Gasteiger partial charge in [0.1, 0.15) is 5.82 Å². The van der Waals surface area contributed by atoms with Crippen molar-refractivity contribution in [1.29, 1.82) is 0 Å². The quantitative estimate of drug-likeness (QED) is 0.631. The molecule has 3 N–H and O–H groups in total. The summed E-state index contributed by atoms with van der Waals surface area (Å²) in [7, 11) is 0. The zero-order chi connectivity index (χ0) is 12.3. The first-order valence-corrected chi connectivity index (χ1v) is 5.44. The third-order valence-electron chi connectivity index (χ3n) is 2.82. The van der Waals surface area contributed by atoms with Gasteiger partial charge in [-0.15, -0.1) is 0 Å². The summed E-state index contributed by atoms with van der Waals surface area (Å²) in [4.78, 5) is 0. The van der Waals surface area contributed by atoms with Gasteiger partial charge in [0.25, 0.3) is 0 Å². The van der Waals surface area contributed by atoms with E-state index >= 15 is 0 Å². The summed E-state index contributed by atoms with van der Waals surface area (Å²) in [6, 6.07) is 6.89. The topological polar surface area (TPSA) is 51.2 Å². The minimum absolute atomic E-state index is 0.123. The minimum atomic E-state index is -0.213. The standard InChI is InChI=1S/C13H15FN2O/c1-9-2-3-11(7-12(9)14)13(16-15)6-10-4-5-17-8-10/h2-5,7-8,13,16H,6,15H2,1H3. The summed E-state index contributed by atoms with van der Waals surface area (Å²) in [5.41, 5.74) is 5.18. The molecule has 0 bridgehead atoms. The number of aryl methyl sites for hydroxylation is 1. The lowest BCUT2D eigenvalue weighted by molar-refractivity contribution is 0.531. The van der Waals surface area contributed by atoms with Crippen LogP contribution in [0.3, 0.4) is 0 Å². The van der Waals surface area contributed by atoms with Crippen LogP contribution in [0.1, 0.15) is 22.7 Å². The fourth-order valence-corrected chi connectivity index (χ4v) is 1.74. The molecule has 17 heavy (non-hydrogen) atoms. The number of benzene rings is 1. The second-order valence-electron chi connectivity index (χ2n) is 4.06. The number of hydrogen-bond donors (Lipinski definition) is 2. The molecule has 0 fully saturated rings. The van der Waals surface area contributed by atoms with Gasteiger partial charge < -0.3 is 4.42 Å². The van der Waals surface area contributed by atoms with Crippen molar-refractivity contribution in [3.05, 3.63) is 59.3 Å². The molecular weight excluding hydrogens is 219 g/mol. The van der Waals surface area contributed by atoms with Crippen molar-refractivity contribution in [3.63, 3.8) is 0 Å². The first-order chi connectivity index (χ1) is 8.20. The average molecular weight is 234 g/mol. The van der Waals surface area contributed by atoms with Crippen molar-refractivity contribution in [2.45, 2.75) is 19.4 Å². The van der Waals surface area contributed by atoms with Crippen LogP contribution in [-0.4, -0.2) is 0 Å². The fourth-order valence-electron chi connectivity index (χ4n) is 1.74. The zero-order valence-electron chi connectivity index (χ0n) is 9.61. The molecule has 1 unspecified atom stereocenters. The lowest BCUT2D eigenvalue weighted by Gasteiger charge is -2.15. The normalized spacial score (nSPS) is 12.6. The smallest absolute Gasteiger partial charge is 0.126 e. The van der Waals surface area contributed by atoms with E-state index in [9.17, 15) is 4.39 Å². The molecule has 0 saturated carbocycles. The van der Waals surface area contributed by atoms with Crippen molar-refractivity contribution in [3.8, 4) is 0 Å². The van der Waals surface area contributed by atoms with E-state index < -0.39 is 0 Å². The molecule has 0 spiro atoms. The third-order valence-corrected chi connectivity index (χ3v) is 2.82. The molecule has 0 aliphatic rings. The largest absolute Gasteiger partial charge is 0.472 e. The van der Waals surface area contributed by atoms with Gasteiger partial charge in [-0.3, -0.25) is 11.3 Å². The van der Waals surface area contributed by atoms with E-state index in [4.69, 9.17) is 10.3 Å². The van der Waals surface area contributed by atoms with Crippen LogP contribution in [0.4, 0.5) is 4.39 Å². The predicted molar refractivity (Wildman–Crippen MR) is 63.6 cm³/mol. The Kier molecular flexibility index (Phi) is 3.56. The molecular formula is C13H15FN2O. The van der Waals surface area contributed by atoms with Gasteiger partial charge in [0.15, 0.2) is 0 Å². The van der Waals surface area contributed by atoms with Crippen LogP contribution in [0.15, 0.2) is 41.2 Å². The van der Waals surface area contributed by atoms with Crippen LogP contribution in [0.25, 0.3) is 0 Å². The SMILES string of the molecule is Cc1ccc(C(Cc2ccoc2)NN)cc1F. The molecule has 2 rings (SSSR count). The number of halogens is 1. The Morgan fingerprint density at radius 2 is 2.24 bits per heavy atom. The number of hydrogen-bond acceptors (Lipinski definition) is 3. The molecule has 3 nitrogen and oxygen atoms in total. The summed E-state index contributed by atoms with van der Waals surface area (Å²) < 4.78 is 18.5. The number of nitrogens with one attached hydrogen (secondary N) is 1. The molecule has 0 saturated heterocycles. The number of hydrazine groups is 1. The van der Waals surface area contributed by atoms with Crippen LogP contribution in [0, 0.1) is 12.7 Å². The van der Waals surface area contributed by atoms with Gasteiger partial charge in [-0.05, 0) is 42.2 Å². The van der Waals surface area contributed by atoms with Crippen LogP contribution in [0.5, 0.6) is 0 Å². The maximum Gasteiger partial charge on any atom is 0.126 e. The molecule has 1 heterocycles. The lowest BCUT2D eigenvalue weighted by Crippen LogP contribution is -2.29. The Morgan fingerprint density at radius 3 is 2.82 bits per heavy atom. The molecule has 1 atom stereocenters. The van der Waals surface area contributed by atoms with Gasteiger partial charge >= 0.3 is 0 Å². The highest BCUT2D eigenvalue weighted by Crippen LogP contribution is 2.20.